The summed E-state index contributed by atoms with van der Waals surface area (Å²) in [5.41, 5.74) is 5.92. The van der Waals surface area contributed by atoms with E-state index < -0.39 is 23.1 Å². The van der Waals surface area contributed by atoms with Crippen LogP contribution in [0.25, 0.3) is 0 Å². The SMILES string of the molecule is Cc1cc(S(=O)O)ccc1OCC(N)C(=O)O. The minimum atomic E-state index is -2.04. The summed E-state index contributed by atoms with van der Waals surface area (Å²) in [6, 6.07) is 3.34. The minimum Gasteiger partial charge on any atom is -0.491 e. The molecule has 0 spiro atoms. The molecule has 0 saturated carbocycles. The van der Waals surface area contributed by atoms with Crippen LogP contribution in [0, 0.1) is 6.92 Å². The highest BCUT2D eigenvalue weighted by Gasteiger charge is 2.13. The highest BCUT2D eigenvalue weighted by molar-refractivity contribution is 7.79. The van der Waals surface area contributed by atoms with Crippen molar-refractivity contribution < 1.29 is 23.4 Å². The van der Waals surface area contributed by atoms with Gasteiger partial charge in [-0.25, -0.2) is 4.21 Å². The first-order valence-electron chi connectivity index (χ1n) is 4.74. The van der Waals surface area contributed by atoms with Gasteiger partial charge in [-0.15, -0.1) is 0 Å². The summed E-state index contributed by atoms with van der Waals surface area (Å²) in [5, 5.41) is 8.57. The van der Waals surface area contributed by atoms with Gasteiger partial charge in [0, 0.05) is 0 Å². The molecule has 94 valence electrons. The van der Waals surface area contributed by atoms with Gasteiger partial charge in [-0.2, -0.15) is 0 Å². The summed E-state index contributed by atoms with van der Waals surface area (Å²) in [4.78, 5) is 10.7. The van der Waals surface area contributed by atoms with E-state index in [-0.39, 0.29) is 11.5 Å². The van der Waals surface area contributed by atoms with Gasteiger partial charge < -0.3 is 20.1 Å². The van der Waals surface area contributed by atoms with Crippen LogP contribution in [0.4, 0.5) is 0 Å². The smallest absolute Gasteiger partial charge is 0.324 e. The number of nitrogens with two attached hydrogens (primary N) is 1. The third kappa shape index (κ3) is 3.81. The standard InChI is InChI=1S/C10H13NO5S/c1-6-4-7(17(14)15)2-3-9(6)16-5-8(11)10(12)13/h2-4,8H,5,11H2,1H3,(H,12,13)(H,14,15). The largest absolute Gasteiger partial charge is 0.491 e. The summed E-state index contributed by atoms with van der Waals surface area (Å²) >= 11 is -2.04. The number of aliphatic carboxylic acids is 1. The van der Waals surface area contributed by atoms with E-state index in [4.69, 9.17) is 20.1 Å². The maximum atomic E-state index is 10.8. The maximum Gasteiger partial charge on any atom is 0.324 e. The molecule has 1 aromatic carbocycles. The Kier molecular flexibility index (Phi) is 4.62. The fourth-order valence-corrected chi connectivity index (χ4v) is 1.61. The fraction of sp³-hybridized carbons (Fsp3) is 0.300. The summed E-state index contributed by atoms with van der Waals surface area (Å²) in [6.45, 7) is 1.54. The Hall–Kier alpha value is -1.44. The molecule has 0 saturated heterocycles. The van der Waals surface area contributed by atoms with Crippen molar-refractivity contribution in [3.05, 3.63) is 23.8 Å². The predicted octanol–water partition coefficient (Wildman–Crippen LogP) is 0.366. The Morgan fingerprint density at radius 1 is 1.59 bits per heavy atom. The van der Waals surface area contributed by atoms with Crippen LogP contribution in [0.5, 0.6) is 5.75 Å². The van der Waals surface area contributed by atoms with Crippen LogP contribution in [0.2, 0.25) is 0 Å². The van der Waals surface area contributed by atoms with Crippen molar-refractivity contribution in [1.29, 1.82) is 0 Å². The number of carboxylic acids is 1. The number of aryl methyl sites for hydroxylation is 1. The van der Waals surface area contributed by atoms with E-state index in [0.29, 0.717) is 11.3 Å². The van der Waals surface area contributed by atoms with Crippen LogP contribution >= 0.6 is 0 Å². The second-order valence-electron chi connectivity index (χ2n) is 3.43. The second-order valence-corrected chi connectivity index (χ2v) is 4.40. The van der Waals surface area contributed by atoms with Gasteiger partial charge in [0.25, 0.3) is 0 Å². The Balaban J connectivity index is 2.73. The molecule has 0 radical (unpaired) electrons. The van der Waals surface area contributed by atoms with E-state index in [1.807, 2.05) is 0 Å². The summed E-state index contributed by atoms with van der Waals surface area (Å²) in [5.74, 6) is -0.702. The molecule has 2 unspecified atom stereocenters. The third-order valence-corrected chi connectivity index (χ3v) is 2.74. The minimum absolute atomic E-state index is 0.155. The average molecular weight is 259 g/mol. The number of carboxylic acid groups (broad SMARTS) is 1. The first-order valence-corrected chi connectivity index (χ1v) is 5.85. The van der Waals surface area contributed by atoms with Gasteiger partial charge in [-0.3, -0.25) is 4.79 Å². The number of ether oxygens (including phenoxy) is 1. The maximum absolute atomic E-state index is 10.8. The molecule has 7 heteroatoms. The molecule has 0 aliphatic carbocycles. The van der Waals surface area contributed by atoms with Crippen molar-refractivity contribution in [2.75, 3.05) is 6.61 Å². The van der Waals surface area contributed by atoms with E-state index >= 15 is 0 Å². The Morgan fingerprint density at radius 3 is 2.71 bits per heavy atom. The normalized spacial score (nSPS) is 14.1. The molecule has 6 nitrogen and oxygen atoms in total. The molecule has 1 rings (SSSR count). The topological polar surface area (TPSA) is 110 Å². The number of hydrogen-bond acceptors (Lipinski definition) is 4. The molecule has 0 amide bonds. The molecule has 17 heavy (non-hydrogen) atoms. The highest BCUT2D eigenvalue weighted by atomic mass is 32.2. The zero-order chi connectivity index (χ0) is 13.0. The van der Waals surface area contributed by atoms with E-state index in [2.05, 4.69) is 0 Å². The lowest BCUT2D eigenvalue weighted by atomic mass is 10.2. The molecule has 0 aliphatic heterocycles. The van der Waals surface area contributed by atoms with Crippen LogP contribution in [-0.4, -0.2) is 32.5 Å². The molecule has 0 heterocycles. The lowest BCUT2D eigenvalue weighted by Gasteiger charge is -2.11. The molecular weight excluding hydrogens is 246 g/mol. The summed E-state index contributed by atoms with van der Waals surface area (Å²) in [7, 11) is 0. The first kappa shape index (κ1) is 13.6. The lowest BCUT2D eigenvalue weighted by Crippen LogP contribution is -2.36. The van der Waals surface area contributed by atoms with Crippen LogP contribution < -0.4 is 10.5 Å². The Morgan fingerprint density at radius 2 is 2.24 bits per heavy atom. The Bertz CT molecular complexity index is 448. The van der Waals surface area contributed by atoms with Crippen LogP contribution in [0.15, 0.2) is 23.1 Å². The van der Waals surface area contributed by atoms with Crippen molar-refractivity contribution in [3.63, 3.8) is 0 Å². The van der Waals surface area contributed by atoms with Crippen molar-refractivity contribution in [2.45, 2.75) is 17.9 Å². The number of hydrogen-bond donors (Lipinski definition) is 3. The average Bonchev–Trinajstić information content (AvgIpc) is 2.26. The van der Waals surface area contributed by atoms with Crippen LogP contribution in [-0.2, 0) is 15.9 Å². The van der Waals surface area contributed by atoms with Gasteiger partial charge in [-0.05, 0) is 30.7 Å². The van der Waals surface area contributed by atoms with E-state index in [0.717, 1.165) is 0 Å². The molecular formula is C10H13NO5S. The molecule has 0 aromatic heterocycles. The molecule has 1 aromatic rings. The third-order valence-electron chi connectivity index (χ3n) is 2.08. The quantitative estimate of drug-likeness (QED) is 0.659. The summed E-state index contributed by atoms with van der Waals surface area (Å²) < 4.78 is 24.9. The van der Waals surface area contributed by atoms with Gasteiger partial charge in [0.05, 0.1) is 4.90 Å². The molecule has 0 aliphatic rings. The van der Waals surface area contributed by atoms with Gasteiger partial charge in [0.1, 0.15) is 18.4 Å². The van der Waals surface area contributed by atoms with E-state index in [9.17, 15) is 9.00 Å². The summed E-state index contributed by atoms with van der Waals surface area (Å²) in [6.07, 6.45) is 0. The van der Waals surface area contributed by atoms with Crippen LogP contribution in [0.3, 0.4) is 0 Å². The van der Waals surface area contributed by atoms with Gasteiger partial charge in [0.15, 0.2) is 11.1 Å². The van der Waals surface area contributed by atoms with E-state index in [1.165, 1.54) is 18.2 Å². The number of benzene rings is 1. The second kappa shape index (κ2) is 5.76. The van der Waals surface area contributed by atoms with Gasteiger partial charge in [0.2, 0.25) is 0 Å². The van der Waals surface area contributed by atoms with Crippen molar-refractivity contribution in [3.8, 4) is 5.75 Å². The number of rotatable bonds is 5. The molecule has 0 bridgehead atoms. The Labute approximate surface area is 101 Å². The lowest BCUT2D eigenvalue weighted by molar-refractivity contribution is -0.139. The van der Waals surface area contributed by atoms with E-state index in [1.54, 1.807) is 6.92 Å². The van der Waals surface area contributed by atoms with Crippen molar-refractivity contribution in [1.82, 2.24) is 0 Å². The van der Waals surface area contributed by atoms with Crippen molar-refractivity contribution in [2.24, 2.45) is 5.73 Å². The van der Waals surface area contributed by atoms with Gasteiger partial charge in [-0.1, -0.05) is 0 Å². The molecule has 0 fully saturated rings. The predicted molar refractivity (Wildman–Crippen MR) is 61.3 cm³/mol. The highest BCUT2D eigenvalue weighted by Crippen LogP contribution is 2.20. The number of carbonyl (C=O) groups is 1. The molecule has 2 atom stereocenters. The monoisotopic (exact) mass is 259 g/mol. The van der Waals surface area contributed by atoms with Crippen molar-refractivity contribution >= 4 is 17.0 Å². The molecule has 4 N–H and O–H groups in total. The zero-order valence-corrected chi connectivity index (χ0v) is 9.94. The van der Waals surface area contributed by atoms with Crippen LogP contribution in [0.1, 0.15) is 5.56 Å². The van der Waals surface area contributed by atoms with Gasteiger partial charge >= 0.3 is 5.97 Å². The zero-order valence-electron chi connectivity index (χ0n) is 9.12. The first-order chi connectivity index (χ1) is 7.91. The fourth-order valence-electron chi connectivity index (χ4n) is 1.14.